The first kappa shape index (κ1) is 19.5. The molecular formula is C22H27N5O. The molecule has 0 saturated carbocycles. The zero-order valence-corrected chi connectivity index (χ0v) is 16.6. The van der Waals surface area contributed by atoms with Gasteiger partial charge in [0.05, 0.1) is 5.69 Å². The summed E-state index contributed by atoms with van der Waals surface area (Å²) >= 11 is 0. The van der Waals surface area contributed by atoms with E-state index in [-0.39, 0.29) is 0 Å². The molecule has 0 spiro atoms. The van der Waals surface area contributed by atoms with E-state index in [4.69, 9.17) is 10.5 Å². The molecule has 6 nitrogen and oxygen atoms in total. The van der Waals surface area contributed by atoms with Gasteiger partial charge in [0.25, 0.3) is 0 Å². The van der Waals surface area contributed by atoms with Crippen LogP contribution in [0.15, 0.2) is 65.7 Å². The Morgan fingerprint density at radius 3 is 2.57 bits per heavy atom. The topological polar surface area (TPSA) is 77.5 Å². The van der Waals surface area contributed by atoms with Crippen LogP contribution in [0.4, 0.5) is 5.69 Å². The van der Waals surface area contributed by atoms with Gasteiger partial charge in [-0.05, 0) is 50.1 Å². The van der Waals surface area contributed by atoms with Crippen LogP contribution < -0.4 is 15.8 Å². The van der Waals surface area contributed by atoms with Crippen molar-refractivity contribution in [3.63, 3.8) is 0 Å². The molecule has 6 heteroatoms. The van der Waals surface area contributed by atoms with E-state index >= 15 is 0 Å². The third-order valence-corrected chi connectivity index (χ3v) is 4.25. The molecule has 3 N–H and O–H groups in total. The normalized spacial score (nSPS) is 12.6. The third-order valence-electron chi connectivity index (χ3n) is 4.25. The van der Waals surface area contributed by atoms with Crippen molar-refractivity contribution in [1.82, 2.24) is 9.78 Å². The first-order valence-corrected chi connectivity index (χ1v) is 9.40. The molecule has 1 aromatic heterocycles. The molecule has 0 radical (unpaired) electrons. The number of guanidine groups is 1. The molecule has 0 amide bonds. The number of hydrogen-bond acceptors (Lipinski definition) is 3. The van der Waals surface area contributed by atoms with E-state index in [0.29, 0.717) is 18.4 Å². The Balaban J connectivity index is 1.55. The summed E-state index contributed by atoms with van der Waals surface area (Å²) in [7, 11) is 0. The summed E-state index contributed by atoms with van der Waals surface area (Å²) in [6.45, 7) is 7.65. The smallest absolute Gasteiger partial charge is 0.193 e. The summed E-state index contributed by atoms with van der Waals surface area (Å²) < 4.78 is 7.87. The van der Waals surface area contributed by atoms with Crippen LogP contribution in [0.2, 0.25) is 0 Å². The van der Waals surface area contributed by atoms with Gasteiger partial charge in [0.1, 0.15) is 11.5 Å². The predicted molar refractivity (Wildman–Crippen MR) is 114 cm³/mol. The number of para-hydroxylation sites is 1. The molecule has 1 unspecified atom stereocenters. The molecule has 1 atom stereocenters. The lowest BCUT2D eigenvalue weighted by Gasteiger charge is -2.12. The number of nitrogens with zero attached hydrogens (tertiary/aromatic N) is 3. The number of benzene rings is 2. The number of aliphatic imine (C=N–C) groups is 1. The molecule has 0 aliphatic rings. The van der Waals surface area contributed by atoms with Crippen molar-refractivity contribution in [2.45, 2.75) is 27.3 Å². The maximum absolute atomic E-state index is 6.06. The second-order valence-corrected chi connectivity index (χ2v) is 7.01. The number of rotatable bonds is 7. The molecule has 0 saturated heterocycles. The van der Waals surface area contributed by atoms with Gasteiger partial charge in [-0.15, -0.1) is 0 Å². The number of nitrogens with one attached hydrogen (secondary N) is 1. The van der Waals surface area contributed by atoms with Crippen molar-refractivity contribution in [2.24, 2.45) is 16.6 Å². The fourth-order valence-corrected chi connectivity index (χ4v) is 2.92. The zero-order valence-electron chi connectivity index (χ0n) is 16.6. The van der Waals surface area contributed by atoms with Crippen LogP contribution in [0.1, 0.15) is 18.3 Å². The first-order chi connectivity index (χ1) is 13.5. The molecule has 1 heterocycles. The minimum Gasteiger partial charge on any atom is -0.457 e. The van der Waals surface area contributed by atoms with Crippen molar-refractivity contribution in [3.05, 3.63) is 72.1 Å². The van der Waals surface area contributed by atoms with E-state index in [1.165, 1.54) is 0 Å². The summed E-state index contributed by atoms with van der Waals surface area (Å²) in [4.78, 5) is 4.47. The summed E-state index contributed by atoms with van der Waals surface area (Å²) in [5.74, 6) is 2.24. The van der Waals surface area contributed by atoms with Crippen LogP contribution in [0, 0.1) is 19.8 Å². The minimum absolute atomic E-state index is 0.325. The summed E-state index contributed by atoms with van der Waals surface area (Å²) in [5, 5.41) is 7.62. The summed E-state index contributed by atoms with van der Waals surface area (Å²) in [6.07, 6.45) is 0. The Labute approximate surface area is 166 Å². The van der Waals surface area contributed by atoms with Crippen molar-refractivity contribution < 1.29 is 4.74 Å². The molecule has 0 aliphatic carbocycles. The van der Waals surface area contributed by atoms with Crippen molar-refractivity contribution in [2.75, 3.05) is 11.9 Å². The highest BCUT2D eigenvalue weighted by molar-refractivity contribution is 5.92. The van der Waals surface area contributed by atoms with Crippen LogP contribution in [0.5, 0.6) is 11.5 Å². The maximum Gasteiger partial charge on any atom is 0.193 e. The lowest BCUT2D eigenvalue weighted by molar-refractivity contribution is 0.450. The minimum atomic E-state index is 0.325. The largest absolute Gasteiger partial charge is 0.457 e. The van der Waals surface area contributed by atoms with E-state index in [2.05, 4.69) is 35.3 Å². The Morgan fingerprint density at radius 1 is 1.11 bits per heavy atom. The quantitative estimate of drug-likeness (QED) is 0.474. The average Bonchev–Trinajstić information content (AvgIpc) is 2.98. The Hall–Kier alpha value is -3.28. The lowest BCUT2D eigenvalue weighted by Crippen LogP contribution is -2.24. The lowest BCUT2D eigenvalue weighted by atomic mass is 10.2. The van der Waals surface area contributed by atoms with E-state index in [0.717, 1.165) is 35.1 Å². The predicted octanol–water partition coefficient (Wildman–Crippen LogP) is 4.36. The van der Waals surface area contributed by atoms with Gasteiger partial charge in [0, 0.05) is 30.5 Å². The van der Waals surface area contributed by atoms with E-state index in [9.17, 15) is 0 Å². The Morgan fingerprint density at radius 2 is 1.86 bits per heavy atom. The maximum atomic E-state index is 6.06. The van der Waals surface area contributed by atoms with E-state index < -0.39 is 0 Å². The monoisotopic (exact) mass is 377 g/mol. The highest BCUT2D eigenvalue weighted by Gasteiger charge is 2.07. The van der Waals surface area contributed by atoms with Crippen LogP contribution in [0.25, 0.3) is 0 Å². The Kier molecular flexibility index (Phi) is 6.32. The molecule has 3 rings (SSSR count). The second-order valence-electron chi connectivity index (χ2n) is 7.01. The standard InChI is InChI=1S/C22H27N5O/c1-16(15-27-18(3)12-17(2)26-27)14-24-22(23)25-19-8-7-11-21(13-19)28-20-9-5-4-6-10-20/h4-13,16H,14-15H2,1-3H3,(H3,23,24,25). The van der Waals surface area contributed by atoms with E-state index in [1.807, 2.05) is 66.2 Å². The first-order valence-electron chi connectivity index (χ1n) is 9.40. The van der Waals surface area contributed by atoms with Gasteiger partial charge in [-0.2, -0.15) is 5.10 Å². The van der Waals surface area contributed by atoms with Gasteiger partial charge in [-0.3, -0.25) is 9.67 Å². The third kappa shape index (κ3) is 5.61. The molecule has 0 fully saturated rings. The fourth-order valence-electron chi connectivity index (χ4n) is 2.92. The zero-order chi connectivity index (χ0) is 19.9. The van der Waals surface area contributed by atoms with Crippen molar-refractivity contribution in [3.8, 4) is 11.5 Å². The van der Waals surface area contributed by atoms with Crippen LogP contribution in [0.3, 0.4) is 0 Å². The number of aryl methyl sites for hydroxylation is 2. The molecule has 0 aliphatic heterocycles. The average molecular weight is 377 g/mol. The number of anilines is 1. The SMILES string of the molecule is Cc1cc(C)n(CC(C)CN=C(N)Nc2cccc(Oc3ccccc3)c2)n1. The summed E-state index contributed by atoms with van der Waals surface area (Å²) in [6, 6.07) is 19.4. The number of hydrogen-bond donors (Lipinski definition) is 2. The molecule has 3 aromatic rings. The van der Waals surface area contributed by atoms with Crippen LogP contribution in [-0.4, -0.2) is 22.3 Å². The molecule has 0 bridgehead atoms. The second kappa shape index (κ2) is 9.08. The van der Waals surface area contributed by atoms with Crippen molar-refractivity contribution >= 4 is 11.6 Å². The van der Waals surface area contributed by atoms with Crippen LogP contribution >= 0.6 is 0 Å². The van der Waals surface area contributed by atoms with Gasteiger partial charge in [0.2, 0.25) is 0 Å². The Bertz CT molecular complexity index is 933. The van der Waals surface area contributed by atoms with Gasteiger partial charge in [-0.25, -0.2) is 0 Å². The molecule has 2 aromatic carbocycles. The van der Waals surface area contributed by atoms with Gasteiger partial charge in [-0.1, -0.05) is 31.2 Å². The summed E-state index contributed by atoms with van der Waals surface area (Å²) in [5.41, 5.74) is 9.09. The van der Waals surface area contributed by atoms with Crippen molar-refractivity contribution in [1.29, 1.82) is 0 Å². The van der Waals surface area contributed by atoms with Gasteiger partial charge < -0.3 is 15.8 Å². The molecule has 28 heavy (non-hydrogen) atoms. The number of aromatic nitrogens is 2. The highest BCUT2D eigenvalue weighted by Crippen LogP contribution is 2.23. The number of nitrogens with two attached hydrogens (primary N) is 1. The van der Waals surface area contributed by atoms with Gasteiger partial charge in [0.15, 0.2) is 5.96 Å². The molecule has 146 valence electrons. The molecular weight excluding hydrogens is 350 g/mol. The van der Waals surface area contributed by atoms with Crippen LogP contribution in [-0.2, 0) is 6.54 Å². The van der Waals surface area contributed by atoms with Gasteiger partial charge >= 0.3 is 0 Å². The number of ether oxygens (including phenoxy) is 1. The highest BCUT2D eigenvalue weighted by atomic mass is 16.5. The van der Waals surface area contributed by atoms with E-state index in [1.54, 1.807) is 0 Å². The fraction of sp³-hybridized carbons (Fsp3) is 0.273.